The molecule has 43 heavy (non-hydrogen) atoms. The van der Waals surface area contributed by atoms with E-state index in [9.17, 15) is 9.59 Å². The monoisotopic (exact) mass is 645 g/mol. The smallest absolute Gasteiger partial charge is 0.270 e. The van der Waals surface area contributed by atoms with Crippen molar-refractivity contribution in [1.82, 2.24) is 9.47 Å². The van der Waals surface area contributed by atoms with Crippen molar-refractivity contribution in [2.45, 2.75) is 13.3 Å². The van der Waals surface area contributed by atoms with Gasteiger partial charge < -0.3 is 4.57 Å². The molecule has 0 aliphatic carbocycles. The molecule has 6 rings (SSSR count). The van der Waals surface area contributed by atoms with Gasteiger partial charge in [-0.3, -0.25) is 19.4 Å². The zero-order chi connectivity index (χ0) is 29.9. The van der Waals surface area contributed by atoms with Crippen LogP contribution in [0.15, 0.2) is 131 Å². The number of carbonyl (C=O) groups is 2. The Labute approximate surface area is 264 Å². The zero-order valence-electron chi connectivity index (χ0n) is 23.5. The molecule has 0 spiro atoms. The molecule has 1 aliphatic rings. The van der Waals surface area contributed by atoms with Crippen LogP contribution in [0, 0.1) is 0 Å². The first-order valence-corrected chi connectivity index (χ1v) is 15.3. The minimum absolute atomic E-state index is 0.0654. The number of carbonyl (C=O) groups excluding carboxylic acids is 2. The summed E-state index contributed by atoms with van der Waals surface area (Å²) in [7, 11) is 0. The highest BCUT2D eigenvalue weighted by molar-refractivity contribution is 9.10. The fourth-order valence-electron chi connectivity index (χ4n) is 5.37. The summed E-state index contributed by atoms with van der Waals surface area (Å²) in [6.45, 7) is 2.40. The van der Waals surface area contributed by atoms with E-state index >= 15 is 0 Å². The van der Waals surface area contributed by atoms with Gasteiger partial charge in [0.15, 0.2) is 5.11 Å². The third-order valence-electron chi connectivity index (χ3n) is 7.32. The Hall–Kier alpha value is -4.59. The quantitative estimate of drug-likeness (QED) is 0.101. The molecule has 0 radical (unpaired) electrons. The highest BCUT2D eigenvalue weighted by Gasteiger charge is 2.40. The Morgan fingerprint density at radius 2 is 1.30 bits per heavy atom. The molecule has 5 nitrogen and oxygen atoms in total. The Morgan fingerprint density at radius 3 is 1.91 bits per heavy atom. The number of hydrogen-bond donors (Lipinski definition) is 0. The molecular weight excluding hydrogens is 618 g/mol. The lowest BCUT2D eigenvalue weighted by atomic mass is 10.0. The van der Waals surface area contributed by atoms with Crippen LogP contribution in [-0.4, -0.2) is 32.9 Å². The van der Waals surface area contributed by atoms with Gasteiger partial charge in [-0.05, 0) is 78.3 Å². The number of nitrogens with zero attached hydrogens (tertiary/aromatic N) is 3. The molecule has 7 heteroatoms. The van der Waals surface area contributed by atoms with Gasteiger partial charge in [-0.15, -0.1) is 0 Å². The van der Waals surface area contributed by atoms with E-state index in [1.807, 2.05) is 97.9 Å². The molecule has 1 fully saturated rings. The fourth-order valence-corrected chi connectivity index (χ4v) is 5.99. The number of amides is 2. The molecule has 1 aliphatic heterocycles. The summed E-state index contributed by atoms with van der Waals surface area (Å²) in [4.78, 5) is 31.1. The van der Waals surface area contributed by atoms with E-state index in [2.05, 4.69) is 50.8 Å². The molecule has 0 bridgehead atoms. The highest BCUT2D eigenvalue weighted by Crippen LogP contribution is 2.38. The van der Waals surface area contributed by atoms with Gasteiger partial charge in [0.05, 0.1) is 17.1 Å². The van der Waals surface area contributed by atoms with Crippen molar-refractivity contribution >= 4 is 56.8 Å². The van der Waals surface area contributed by atoms with E-state index in [-0.39, 0.29) is 16.6 Å². The molecule has 0 saturated carbocycles. The third kappa shape index (κ3) is 5.49. The summed E-state index contributed by atoms with van der Waals surface area (Å²) >= 11 is 9.27. The van der Waals surface area contributed by atoms with Crippen LogP contribution in [-0.2, 0) is 9.59 Å². The molecule has 0 unspecified atom stereocenters. The molecule has 1 aromatic heterocycles. The number of halogens is 1. The van der Waals surface area contributed by atoms with E-state index in [0.29, 0.717) is 18.7 Å². The van der Waals surface area contributed by atoms with E-state index in [1.165, 1.54) is 9.80 Å². The molecule has 0 atom stereocenters. The standard InChI is InChI=1S/C36H28BrN3O2S/c1-2-22-38-34(41)31(35(42)40(36(38)43)29-16-10-5-11-17-29)23-27-24-32(25-12-6-3-7-13-25)39(30-20-18-28(37)19-21-30)33(27)26-14-8-4-9-15-26/h3-21,23-24H,2,22H2,1H3/b31-23-. The molecule has 4 aromatic carbocycles. The van der Waals surface area contributed by atoms with Gasteiger partial charge in [0.2, 0.25) is 0 Å². The largest absolute Gasteiger partial charge is 0.309 e. The number of rotatable bonds is 7. The maximum atomic E-state index is 14.1. The first-order valence-electron chi connectivity index (χ1n) is 14.1. The van der Waals surface area contributed by atoms with E-state index < -0.39 is 5.91 Å². The van der Waals surface area contributed by atoms with Gasteiger partial charge in [0, 0.05) is 22.3 Å². The highest BCUT2D eigenvalue weighted by atomic mass is 79.9. The zero-order valence-corrected chi connectivity index (χ0v) is 25.9. The van der Waals surface area contributed by atoms with Gasteiger partial charge in [-0.25, -0.2) is 0 Å². The number of benzene rings is 4. The Kier molecular flexibility index (Phi) is 8.18. The average molecular weight is 647 g/mol. The van der Waals surface area contributed by atoms with Crippen LogP contribution < -0.4 is 4.90 Å². The SMILES string of the molecule is CCCN1C(=O)/C(=C/c2cc(-c3ccccc3)n(-c3ccc(Br)cc3)c2-c2ccccc2)C(=O)N(c2ccccc2)C1=S. The van der Waals surface area contributed by atoms with Crippen LogP contribution in [0.3, 0.4) is 0 Å². The number of thiocarbonyl (C=S) groups is 1. The molecule has 2 amide bonds. The van der Waals surface area contributed by atoms with E-state index in [0.717, 1.165) is 38.2 Å². The molecule has 1 saturated heterocycles. The molecule has 5 aromatic rings. The third-order valence-corrected chi connectivity index (χ3v) is 8.26. The predicted octanol–water partition coefficient (Wildman–Crippen LogP) is 8.53. The van der Waals surface area contributed by atoms with Crippen LogP contribution in [0.1, 0.15) is 18.9 Å². The minimum atomic E-state index is -0.440. The molecule has 212 valence electrons. The lowest BCUT2D eigenvalue weighted by molar-refractivity contribution is -0.127. The number of para-hydroxylation sites is 1. The van der Waals surface area contributed by atoms with Gasteiger partial charge in [0.1, 0.15) is 5.57 Å². The molecule has 0 N–H and O–H groups in total. The Bertz CT molecular complexity index is 1830. The van der Waals surface area contributed by atoms with E-state index in [1.54, 1.807) is 6.08 Å². The van der Waals surface area contributed by atoms with Crippen molar-refractivity contribution in [3.63, 3.8) is 0 Å². The maximum absolute atomic E-state index is 14.1. The normalized spacial score (nSPS) is 14.6. The van der Waals surface area contributed by atoms with Crippen LogP contribution in [0.25, 0.3) is 34.3 Å². The first-order chi connectivity index (χ1) is 21.0. The van der Waals surface area contributed by atoms with Crippen molar-refractivity contribution in [2.24, 2.45) is 0 Å². The summed E-state index contributed by atoms with van der Waals surface area (Å²) in [6, 6.07) is 39.6. The van der Waals surface area contributed by atoms with Crippen molar-refractivity contribution in [2.75, 3.05) is 11.4 Å². The number of hydrogen-bond acceptors (Lipinski definition) is 3. The average Bonchev–Trinajstić information content (AvgIpc) is 3.42. The summed E-state index contributed by atoms with van der Waals surface area (Å²) in [6.07, 6.45) is 2.43. The Morgan fingerprint density at radius 1 is 0.721 bits per heavy atom. The van der Waals surface area contributed by atoms with Crippen molar-refractivity contribution in [3.05, 3.63) is 137 Å². The minimum Gasteiger partial charge on any atom is -0.309 e. The number of aromatic nitrogens is 1. The molecular formula is C36H28BrN3O2S. The van der Waals surface area contributed by atoms with Crippen LogP contribution in [0.5, 0.6) is 0 Å². The predicted molar refractivity (Wildman–Crippen MR) is 181 cm³/mol. The maximum Gasteiger partial charge on any atom is 0.270 e. The summed E-state index contributed by atoms with van der Waals surface area (Å²) < 4.78 is 3.16. The van der Waals surface area contributed by atoms with Crippen molar-refractivity contribution in [1.29, 1.82) is 0 Å². The van der Waals surface area contributed by atoms with Crippen LogP contribution in [0.4, 0.5) is 5.69 Å². The lowest BCUT2D eigenvalue weighted by Gasteiger charge is -2.36. The summed E-state index contributed by atoms with van der Waals surface area (Å²) in [5, 5.41) is 0.195. The molecule has 2 heterocycles. The first kappa shape index (κ1) is 28.5. The second-order valence-electron chi connectivity index (χ2n) is 10.2. The lowest BCUT2D eigenvalue weighted by Crippen LogP contribution is -2.56. The topological polar surface area (TPSA) is 45.6 Å². The summed E-state index contributed by atoms with van der Waals surface area (Å²) in [5.74, 6) is -0.828. The van der Waals surface area contributed by atoms with Gasteiger partial charge in [-0.2, -0.15) is 0 Å². The van der Waals surface area contributed by atoms with Gasteiger partial charge in [0.25, 0.3) is 11.8 Å². The van der Waals surface area contributed by atoms with Crippen molar-refractivity contribution < 1.29 is 9.59 Å². The van der Waals surface area contributed by atoms with Crippen LogP contribution >= 0.6 is 28.1 Å². The van der Waals surface area contributed by atoms with Gasteiger partial charge >= 0.3 is 0 Å². The van der Waals surface area contributed by atoms with E-state index in [4.69, 9.17) is 12.2 Å². The fraction of sp³-hybridized carbons (Fsp3) is 0.0833. The summed E-state index contributed by atoms with van der Waals surface area (Å²) in [5.41, 5.74) is 6.16. The van der Waals surface area contributed by atoms with Crippen LogP contribution in [0.2, 0.25) is 0 Å². The Balaban J connectivity index is 1.62. The second kappa shape index (κ2) is 12.3. The van der Waals surface area contributed by atoms with Crippen molar-refractivity contribution in [3.8, 4) is 28.2 Å². The van der Waals surface area contributed by atoms with Gasteiger partial charge in [-0.1, -0.05) is 102 Å². The second-order valence-corrected chi connectivity index (χ2v) is 11.4. The number of anilines is 1.